The fourth-order valence-electron chi connectivity index (χ4n) is 3.11. The maximum absolute atomic E-state index is 12.9. The summed E-state index contributed by atoms with van der Waals surface area (Å²) in [6.45, 7) is 1.47. The van der Waals surface area contributed by atoms with E-state index >= 15 is 0 Å². The first kappa shape index (κ1) is 19.8. The predicted octanol–water partition coefficient (Wildman–Crippen LogP) is 3.25. The Bertz CT molecular complexity index is 905. The molecule has 2 aromatic carbocycles. The van der Waals surface area contributed by atoms with Crippen molar-refractivity contribution in [1.29, 1.82) is 0 Å². The quantitative estimate of drug-likeness (QED) is 0.574. The number of thioether (sulfide) groups is 1. The second-order valence-electron chi connectivity index (χ2n) is 6.45. The van der Waals surface area contributed by atoms with Crippen LogP contribution in [0, 0.1) is 0 Å². The Balaban J connectivity index is 1.84. The summed E-state index contributed by atoms with van der Waals surface area (Å²) in [6, 6.07) is 12.2. The molecule has 6 nitrogen and oxygen atoms in total. The van der Waals surface area contributed by atoms with Crippen LogP contribution in [0.15, 0.2) is 48.5 Å². The maximum atomic E-state index is 12.9. The summed E-state index contributed by atoms with van der Waals surface area (Å²) in [5.74, 6) is -0.780. The van der Waals surface area contributed by atoms with Crippen LogP contribution in [0.4, 0.5) is 5.69 Å². The van der Waals surface area contributed by atoms with Crippen LogP contribution in [0.25, 0.3) is 0 Å². The molecule has 0 spiro atoms. The molecule has 7 heteroatoms. The minimum atomic E-state index is -0.910. The number of nitrogens with one attached hydrogen (secondary N) is 1. The van der Waals surface area contributed by atoms with Gasteiger partial charge in [-0.2, -0.15) is 11.8 Å². The number of ketones is 1. The fourth-order valence-corrected chi connectivity index (χ4v) is 3.57. The van der Waals surface area contributed by atoms with Crippen molar-refractivity contribution in [1.82, 2.24) is 4.90 Å². The molecule has 2 aromatic rings. The molecule has 3 amide bonds. The van der Waals surface area contributed by atoms with Crippen molar-refractivity contribution in [3.63, 3.8) is 0 Å². The molecule has 1 heterocycles. The van der Waals surface area contributed by atoms with Crippen LogP contribution in [-0.4, -0.2) is 46.5 Å². The Morgan fingerprint density at radius 1 is 1.00 bits per heavy atom. The molecule has 0 bridgehead atoms. The third-order valence-corrected chi connectivity index (χ3v) is 5.24. The van der Waals surface area contributed by atoms with E-state index in [0.717, 1.165) is 4.90 Å². The standard InChI is InChI=1S/C21H20N2O4S/c1-13(24)14-7-9-15(10-8-14)22-19(25)18(11-12-28-2)23-20(26)16-5-3-4-6-17(16)21(23)27/h3-10,18H,11-12H2,1-2H3,(H,22,25)/t18-/m1/s1. The van der Waals surface area contributed by atoms with Gasteiger partial charge in [-0.05, 0) is 61.8 Å². The van der Waals surface area contributed by atoms with E-state index in [9.17, 15) is 19.2 Å². The summed E-state index contributed by atoms with van der Waals surface area (Å²) in [5, 5.41) is 2.76. The summed E-state index contributed by atoms with van der Waals surface area (Å²) in [7, 11) is 0. The number of carbonyl (C=O) groups excluding carboxylic acids is 4. The molecule has 144 valence electrons. The highest BCUT2D eigenvalue weighted by Crippen LogP contribution is 2.26. The van der Waals surface area contributed by atoms with Crippen molar-refractivity contribution in [2.24, 2.45) is 0 Å². The van der Waals surface area contributed by atoms with E-state index in [1.165, 1.54) is 18.7 Å². The minimum absolute atomic E-state index is 0.0678. The Labute approximate surface area is 167 Å². The van der Waals surface area contributed by atoms with Gasteiger partial charge in [0.2, 0.25) is 5.91 Å². The third-order valence-electron chi connectivity index (χ3n) is 4.59. The molecule has 1 aliphatic heterocycles. The number of carbonyl (C=O) groups is 4. The van der Waals surface area contributed by atoms with Crippen molar-refractivity contribution >= 4 is 41.0 Å². The second kappa shape index (κ2) is 8.39. The zero-order valence-corrected chi connectivity index (χ0v) is 16.4. The lowest BCUT2D eigenvalue weighted by atomic mass is 10.1. The first-order chi connectivity index (χ1) is 13.4. The molecule has 0 aromatic heterocycles. The zero-order valence-electron chi connectivity index (χ0n) is 15.6. The molecular weight excluding hydrogens is 376 g/mol. The van der Waals surface area contributed by atoms with Crippen LogP contribution in [-0.2, 0) is 4.79 Å². The van der Waals surface area contributed by atoms with Gasteiger partial charge in [0.05, 0.1) is 11.1 Å². The van der Waals surface area contributed by atoms with Gasteiger partial charge in [-0.1, -0.05) is 12.1 Å². The zero-order chi connectivity index (χ0) is 20.3. The summed E-state index contributed by atoms with van der Waals surface area (Å²) in [5.41, 5.74) is 1.68. The van der Waals surface area contributed by atoms with Crippen LogP contribution >= 0.6 is 11.8 Å². The summed E-state index contributed by atoms with van der Waals surface area (Å²) in [4.78, 5) is 50.9. The minimum Gasteiger partial charge on any atom is -0.324 e. The molecule has 0 unspecified atom stereocenters. The number of anilines is 1. The van der Waals surface area contributed by atoms with Crippen LogP contribution in [0.5, 0.6) is 0 Å². The van der Waals surface area contributed by atoms with Crippen LogP contribution in [0.1, 0.15) is 44.4 Å². The number of hydrogen-bond donors (Lipinski definition) is 1. The molecule has 28 heavy (non-hydrogen) atoms. The van der Waals surface area contributed by atoms with Crippen molar-refractivity contribution in [2.45, 2.75) is 19.4 Å². The first-order valence-corrected chi connectivity index (χ1v) is 10.2. The van der Waals surface area contributed by atoms with E-state index in [2.05, 4.69) is 5.32 Å². The number of fused-ring (bicyclic) bond motifs is 1. The normalized spacial score (nSPS) is 14.0. The summed E-state index contributed by atoms with van der Waals surface area (Å²) >= 11 is 1.54. The topological polar surface area (TPSA) is 83.6 Å². The number of nitrogens with zero attached hydrogens (tertiary/aromatic N) is 1. The van der Waals surface area contributed by atoms with E-state index in [-0.39, 0.29) is 5.78 Å². The Kier molecular flexibility index (Phi) is 5.94. The van der Waals surface area contributed by atoms with E-state index < -0.39 is 23.8 Å². The SMILES string of the molecule is CSCC[C@H](C(=O)Nc1ccc(C(C)=O)cc1)N1C(=O)c2ccccc2C1=O. The van der Waals surface area contributed by atoms with Gasteiger partial charge in [0.15, 0.2) is 5.78 Å². The molecule has 0 fully saturated rings. The predicted molar refractivity (Wildman–Crippen MR) is 109 cm³/mol. The number of Topliss-reactive ketones (excluding diaryl/α,β-unsaturated/α-hetero) is 1. The average molecular weight is 396 g/mol. The first-order valence-electron chi connectivity index (χ1n) is 8.81. The molecule has 1 N–H and O–H groups in total. The van der Waals surface area contributed by atoms with E-state index in [1.54, 1.807) is 48.5 Å². The molecule has 3 rings (SSSR count). The lowest BCUT2D eigenvalue weighted by Crippen LogP contribution is -2.47. The fraction of sp³-hybridized carbons (Fsp3) is 0.238. The largest absolute Gasteiger partial charge is 0.324 e. The van der Waals surface area contributed by atoms with Gasteiger partial charge in [0.1, 0.15) is 6.04 Å². The molecular formula is C21H20N2O4S. The Morgan fingerprint density at radius 2 is 1.57 bits per heavy atom. The van der Waals surface area contributed by atoms with Gasteiger partial charge in [-0.15, -0.1) is 0 Å². The lowest BCUT2D eigenvalue weighted by molar-refractivity contribution is -0.120. The highest BCUT2D eigenvalue weighted by atomic mass is 32.2. The van der Waals surface area contributed by atoms with Crippen LogP contribution < -0.4 is 5.32 Å². The highest BCUT2D eigenvalue weighted by Gasteiger charge is 2.42. The van der Waals surface area contributed by atoms with E-state index in [4.69, 9.17) is 0 Å². The lowest BCUT2D eigenvalue weighted by Gasteiger charge is -2.25. The van der Waals surface area contributed by atoms with Gasteiger partial charge in [-0.3, -0.25) is 24.1 Å². The summed E-state index contributed by atoms with van der Waals surface area (Å²) < 4.78 is 0. The van der Waals surface area contributed by atoms with E-state index in [1.807, 2.05) is 6.26 Å². The smallest absolute Gasteiger partial charge is 0.262 e. The molecule has 1 aliphatic rings. The molecule has 1 atom stereocenters. The van der Waals surface area contributed by atoms with Crippen molar-refractivity contribution in [2.75, 3.05) is 17.3 Å². The Hall–Kier alpha value is -2.93. The average Bonchev–Trinajstić information content (AvgIpc) is 2.94. The maximum Gasteiger partial charge on any atom is 0.262 e. The number of amides is 3. The van der Waals surface area contributed by atoms with Crippen molar-refractivity contribution < 1.29 is 19.2 Å². The van der Waals surface area contributed by atoms with Crippen molar-refractivity contribution in [3.05, 3.63) is 65.2 Å². The highest BCUT2D eigenvalue weighted by molar-refractivity contribution is 7.98. The van der Waals surface area contributed by atoms with Gasteiger partial charge >= 0.3 is 0 Å². The van der Waals surface area contributed by atoms with Crippen LogP contribution in [0.3, 0.4) is 0 Å². The van der Waals surface area contributed by atoms with Gasteiger partial charge in [0, 0.05) is 11.3 Å². The van der Waals surface area contributed by atoms with Gasteiger partial charge in [-0.25, -0.2) is 0 Å². The number of benzene rings is 2. The number of imide groups is 1. The monoisotopic (exact) mass is 396 g/mol. The van der Waals surface area contributed by atoms with Crippen molar-refractivity contribution in [3.8, 4) is 0 Å². The van der Waals surface area contributed by atoms with Crippen LogP contribution in [0.2, 0.25) is 0 Å². The van der Waals surface area contributed by atoms with E-state index in [0.29, 0.717) is 34.6 Å². The second-order valence-corrected chi connectivity index (χ2v) is 7.43. The van der Waals surface area contributed by atoms with Gasteiger partial charge in [0.25, 0.3) is 11.8 Å². The molecule has 0 saturated carbocycles. The third kappa shape index (κ3) is 3.84. The molecule has 0 aliphatic carbocycles. The molecule has 0 saturated heterocycles. The molecule has 0 radical (unpaired) electrons. The number of rotatable bonds is 7. The Morgan fingerprint density at radius 3 is 2.07 bits per heavy atom. The number of hydrogen-bond acceptors (Lipinski definition) is 5. The van der Waals surface area contributed by atoms with Gasteiger partial charge < -0.3 is 5.32 Å². The summed E-state index contributed by atoms with van der Waals surface area (Å²) in [6.07, 6.45) is 2.25.